The van der Waals surface area contributed by atoms with Crippen molar-refractivity contribution in [2.45, 2.75) is 4.90 Å². The van der Waals surface area contributed by atoms with Crippen molar-refractivity contribution in [2.24, 2.45) is 0 Å². The van der Waals surface area contributed by atoms with E-state index in [4.69, 9.17) is 4.55 Å². The van der Waals surface area contributed by atoms with Crippen LogP contribution in [-0.4, -0.2) is 42.5 Å². The molecule has 0 saturated heterocycles. The third-order valence-electron chi connectivity index (χ3n) is 1.16. The molecule has 1 atom stereocenters. The van der Waals surface area contributed by atoms with E-state index in [-0.39, 0.29) is 34.5 Å². The van der Waals surface area contributed by atoms with Gasteiger partial charge in [-0.1, -0.05) is 12.1 Å². The minimum atomic E-state index is -4.04. The van der Waals surface area contributed by atoms with E-state index in [0.717, 1.165) is 5.30 Å². The van der Waals surface area contributed by atoms with Gasteiger partial charge in [0.2, 0.25) is 0 Å². The molecular weight excluding hydrogens is 206 g/mol. The predicted octanol–water partition coefficient (Wildman–Crippen LogP) is -0.215. The number of hydrogen-bond donors (Lipinski definition) is 1. The summed E-state index contributed by atoms with van der Waals surface area (Å²) < 4.78 is 29.6. The molecule has 0 amide bonds. The van der Waals surface area contributed by atoms with Gasteiger partial charge in [-0.2, -0.15) is 8.42 Å². The molecule has 1 aromatic rings. The molecular formula is C6H8NaO3PS. The van der Waals surface area contributed by atoms with E-state index < -0.39 is 10.1 Å². The molecule has 0 aliphatic carbocycles. The second-order valence-electron chi connectivity index (χ2n) is 2.05. The van der Waals surface area contributed by atoms with Crippen molar-refractivity contribution < 1.29 is 13.0 Å². The summed E-state index contributed by atoms with van der Waals surface area (Å²) in [5.41, 5.74) is 0. The standard InChI is InChI=1S/C6H7O3PS.Na.H/c7-11(8,9)6-3-1-2-5(10)4-6;;/h1-4H,10H2,(H,7,8,9);;. The molecule has 0 bridgehead atoms. The van der Waals surface area contributed by atoms with Crippen molar-refractivity contribution in [3.8, 4) is 0 Å². The van der Waals surface area contributed by atoms with Crippen LogP contribution in [0.4, 0.5) is 0 Å². The van der Waals surface area contributed by atoms with Crippen molar-refractivity contribution in [1.29, 1.82) is 0 Å². The molecule has 0 aliphatic heterocycles. The maximum absolute atomic E-state index is 10.5. The van der Waals surface area contributed by atoms with Crippen LogP contribution in [0.2, 0.25) is 0 Å². The summed E-state index contributed by atoms with van der Waals surface area (Å²) in [6.45, 7) is 0. The SMILES string of the molecule is O=S(=O)(O)c1cccc(P)c1.[NaH]. The van der Waals surface area contributed by atoms with Crippen LogP contribution in [0.1, 0.15) is 0 Å². The van der Waals surface area contributed by atoms with Crippen molar-refractivity contribution in [3.63, 3.8) is 0 Å². The van der Waals surface area contributed by atoms with Crippen molar-refractivity contribution in [3.05, 3.63) is 24.3 Å². The first-order valence-electron chi connectivity index (χ1n) is 2.83. The molecule has 3 nitrogen and oxygen atoms in total. The Morgan fingerprint density at radius 2 is 1.92 bits per heavy atom. The van der Waals surface area contributed by atoms with E-state index in [1.807, 2.05) is 0 Å². The predicted molar refractivity (Wildman–Crippen MR) is 52.7 cm³/mol. The van der Waals surface area contributed by atoms with Gasteiger partial charge in [-0.05, 0) is 17.4 Å². The Labute approximate surface area is 95.8 Å². The molecule has 0 fully saturated rings. The van der Waals surface area contributed by atoms with E-state index in [1.165, 1.54) is 12.1 Å². The summed E-state index contributed by atoms with van der Waals surface area (Å²) >= 11 is 0. The van der Waals surface area contributed by atoms with E-state index >= 15 is 0 Å². The Morgan fingerprint density at radius 1 is 1.33 bits per heavy atom. The molecule has 1 rings (SSSR count). The van der Waals surface area contributed by atoms with E-state index in [1.54, 1.807) is 12.1 Å². The molecule has 0 heterocycles. The summed E-state index contributed by atoms with van der Waals surface area (Å²) in [5, 5.41) is 0.722. The molecule has 1 N–H and O–H groups in total. The summed E-state index contributed by atoms with van der Waals surface area (Å²) in [6.07, 6.45) is 0. The van der Waals surface area contributed by atoms with E-state index in [0.29, 0.717) is 0 Å². The van der Waals surface area contributed by atoms with E-state index in [9.17, 15) is 8.42 Å². The normalized spacial score (nSPS) is 10.5. The van der Waals surface area contributed by atoms with Gasteiger partial charge in [-0.15, -0.1) is 9.24 Å². The van der Waals surface area contributed by atoms with Gasteiger partial charge in [0.05, 0.1) is 4.90 Å². The van der Waals surface area contributed by atoms with Crippen LogP contribution in [0.15, 0.2) is 29.2 Å². The fraction of sp³-hybridized carbons (Fsp3) is 0. The first kappa shape index (κ1) is 12.6. The molecule has 1 aromatic carbocycles. The third-order valence-corrected chi connectivity index (χ3v) is 2.36. The zero-order chi connectivity index (χ0) is 8.48. The maximum atomic E-state index is 10.5. The van der Waals surface area contributed by atoms with Crippen LogP contribution in [0.5, 0.6) is 0 Å². The van der Waals surface area contributed by atoms with Crippen molar-refractivity contribution in [2.75, 3.05) is 0 Å². The van der Waals surface area contributed by atoms with Crippen LogP contribution in [0, 0.1) is 0 Å². The quantitative estimate of drug-likeness (QED) is 0.399. The molecule has 1 unspecified atom stereocenters. The Morgan fingerprint density at radius 3 is 2.25 bits per heavy atom. The molecule has 0 radical (unpaired) electrons. The van der Waals surface area contributed by atoms with Gasteiger partial charge >= 0.3 is 29.6 Å². The first-order valence-corrected chi connectivity index (χ1v) is 4.85. The second kappa shape index (κ2) is 4.70. The Hall–Kier alpha value is 0.560. The van der Waals surface area contributed by atoms with Gasteiger partial charge < -0.3 is 0 Å². The third kappa shape index (κ3) is 3.52. The van der Waals surface area contributed by atoms with E-state index in [2.05, 4.69) is 9.24 Å². The zero-order valence-electron chi connectivity index (χ0n) is 5.56. The summed E-state index contributed by atoms with van der Waals surface area (Å²) in [6, 6.07) is 5.99. The van der Waals surface area contributed by atoms with Crippen LogP contribution in [-0.2, 0) is 10.1 Å². The van der Waals surface area contributed by atoms with Gasteiger partial charge in [-0.25, -0.2) is 0 Å². The molecule has 0 saturated carbocycles. The Balaban J connectivity index is 0.00000121. The topological polar surface area (TPSA) is 54.4 Å². The summed E-state index contributed by atoms with van der Waals surface area (Å²) in [4.78, 5) is -0.0787. The molecule has 62 valence electrons. The summed E-state index contributed by atoms with van der Waals surface area (Å²) in [5.74, 6) is 0. The average molecular weight is 214 g/mol. The van der Waals surface area contributed by atoms with Gasteiger partial charge in [0, 0.05) is 0 Å². The fourth-order valence-electron chi connectivity index (χ4n) is 0.675. The Bertz CT molecular complexity index is 363. The average Bonchev–Trinajstić information content (AvgIpc) is 1.86. The van der Waals surface area contributed by atoms with Gasteiger partial charge in [0.1, 0.15) is 0 Å². The van der Waals surface area contributed by atoms with Crippen LogP contribution < -0.4 is 5.30 Å². The molecule has 0 spiro atoms. The molecule has 12 heavy (non-hydrogen) atoms. The molecule has 0 aliphatic rings. The van der Waals surface area contributed by atoms with Gasteiger partial charge in [0.15, 0.2) is 0 Å². The minimum absolute atomic E-state index is 0. The second-order valence-corrected chi connectivity index (χ2v) is 4.14. The van der Waals surface area contributed by atoms with Crippen LogP contribution >= 0.6 is 9.24 Å². The zero-order valence-corrected chi connectivity index (χ0v) is 7.53. The number of benzene rings is 1. The molecule has 6 heteroatoms. The van der Waals surface area contributed by atoms with Crippen molar-refractivity contribution >= 4 is 54.2 Å². The summed E-state index contributed by atoms with van der Waals surface area (Å²) in [7, 11) is -1.69. The number of rotatable bonds is 1. The van der Waals surface area contributed by atoms with Gasteiger partial charge in [0.25, 0.3) is 10.1 Å². The first-order chi connectivity index (χ1) is 5.00. The molecule has 0 aromatic heterocycles. The monoisotopic (exact) mass is 214 g/mol. The Kier molecular flexibility index (Phi) is 4.92. The van der Waals surface area contributed by atoms with Crippen LogP contribution in [0.3, 0.4) is 0 Å². The van der Waals surface area contributed by atoms with Crippen molar-refractivity contribution in [1.82, 2.24) is 0 Å². The van der Waals surface area contributed by atoms with Gasteiger partial charge in [-0.3, -0.25) is 4.55 Å². The number of hydrogen-bond acceptors (Lipinski definition) is 2. The van der Waals surface area contributed by atoms with Crippen LogP contribution in [0.25, 0.3) is 0 Å². The fourth-order valence-corrected chi connectivity index (χ4v) is 1.62.